The Labute approximate surface area is 274 Å². The van der Waals surface area contributed by atoms with E-state index in [9.17, 15) is 0 Å². The fraction of sp³-hybridized carbons (Fsp3) is 0.200. The third kappa shape index (κ3) is 6.71. The van der Waals surface area contributed by atoms with Crippen LogP contribution in [-0.2, 0) is 25.8 Å². The van der Waals surface area contributed by atoms with Crippen molar-refractivity contribution in [3.05, 3.63) is 146 Å². The molecule has 0 spiro atoms. The maximum Gasteiger partial charge on any atom is 4.00 e. The molecule has 2 heteroatoms. The molecule has 6 aromatic carbocycles. The van der Waals surface area contributed by atoms with E-state index in [0.717, 1.165) is 12.8 Å². The first-order chi connectivity index (χ1) is 20.0. The molecule has 212 valence electrons. The van der Waals surface area contributed by atoms with Crippen LogP contribution >= 0.6 is 0 Å². The van der Waals surface area contributed by atoms with E-state index in [2.05, 4.69) is 163 Å². The monoisotopic (exact) mass is 732 g/mol. The molecule has 0 N–H and O–H groups in total. The van der Waals surface area contributed by atoms with Gasteiger partial charge >= 0.3 is 25.8 Å². The summed E-state index contributed by atoms with van der Waals surface area (Å²) in [6, 6.07) is 45.2. The Hall–Kier alpha value is -2.81. The van der Waals surface area contributed by atoms with Crippen LogP contribution in [-0.4, -0.2) is 8.07 Å². The van der Waals surface area contributed by atoms with Crippen LogP contribution in [0.1, 0.15) is 50.7 Å². The van der Waals surface area contributed by atoms with Crippen LogP contribution in [0.2, 0.25) is 0 Å². The van der Waals surface area contributed by atoms with Crippen molar-refractivity contribution in [2.24, 2.45) is 0 Å². The van der Waals surface area contributed by atoms with Crippen molar-refractivity contribution in [2.75, 3.05) is 0 Å². The Balaban J connectivity index is 0.000000482. The largest absolute Gasteiger partial charge is 4.00 e. The van der Waals surface area contributed by atoms with Crippen molar-refractivity contribution in [2.45, 2.75) is 53.4 Å². The van der Waals surface area contributed by atoms with Crippen LogP contribution in [0.25, 0.3) is 21.5 Å². The minimum atomic E-state index is -2.61. The molecule has 0 fully saturated rings. The van der Waals surface area contributed by atoms with Gasteiger partial charge in [0.05, 0.1) is 8.07 Å². The molecule has 0 aliphatic carbocycles. The zero-order chi connectivity index (χ0) is 29.2. The number of benzene rings is 4. The minimum absolute atomic E-state index is 0. The summed E-state index contributed by atoms with van der Waals surface area (Å²) in [5, 5.41) is 11.4. The van der Waals surface area contributed by atoms with Crippen LogP contribution < -0.4 is 20.7 Å². The Kier molecular flexibility index (Phi) is 13.0. The van der Waals surface area contributed by atoms with Gasteiger partial charge in [0.15, 0.2) is 0 Å². The van der Waals surface area contributed by atoms with Gasteiger partial charge in [-0.3, -0.25) is 0 Å². The van der Waals surface area contributed by atoms with Gasteiger partial charge < -0.3 is 13.8 Å². The molecule has 0 aliphatic rings. The van der Waals surface area contributed by atoms with E-state index in [0.29, 0.717) is 0 Å². The number of rotatable bonds is 6. The molecular formula is C40H44HfSi. The Morgan fingerprint density at radius 3 is 1.17 bits per heavy atom. The Morgan fingerprint density at radius 2 is 0.833 bits per heavy atom. The predicted molar refractivity (Wildman–Crippen MR) is 186 cm³/mol. The SMILES string of the molecule is Cc1[cH-]c2ccccc2c1[Si](c1ccccc1)(c1ccccc1)c1c(C)[cH-]c2ccccc12.[CH2-]CCC.[CH2-]CCC.[Hf+4]. The number of aryl methyl sites for hydroxylation is 2. The second-order valence-corrected chi connectivity index (χ2v) is 14.4. The maximum atomic E-state index is 3.60. The predicted octanol–water partition coefficient (Wildman–Crippen LogP) is 8.66. The summed E-state index contributed by atoms with van der Waals surface area (Å²) in [6.45, 7) is 16.1. The summed E-state index contributed by atoms with van der Waals surface area (Å²) in [5.41, 5.74) is 2.78. The molecule has 6 aromatic rings. The van der Waals surface area contributed by atoms with Crippen LogP contribution in [0.4, 0.5) is 0 Å². The molecule has 0 nitrogen and oxygen atoms in total. The molecule has 0 aromatic heterocycles. The first-order valence-electron chi connectivity index (χ1n) is 15.0. The number of hydrogen-bond acceptors (Lipinski definition) is 0. The minimum Gasteiger partial charge on any atom is -0.343 e. The summed E-state index contributed by atoms with van der Waals surface area (Å²) < 4.78 is 0. The molecule has 0 amide bonds. The molecule has 0 unspecified atom stereocenters. The molecule has 0 aliphatic heterocycles. The van der Waals surface area contributed by atoms with Gasteiger partial charge in [-0.2, -0.15) is 12.8 Å². The quantitative estimate of drug-likeness (QED) is 0.119. The van der Waals surface area contributed by atoms with Crippen molar-refractivity contribution in [3.8, 4) is 0 Å². The van der Waals surface area contributed by atoms with Gasteiger partial charge in [-0.05, 0) is 0 Å². The van der Waals surface area contributed by atoms with Crippen molar-refractivity contribution in [3.63, 3.8) is 0 Å². The van der Waals surface area contributed by atoms with E-state index in [1.807, 2.05) is 0 Å². The van der Waals surface area contributed by atoms with Crippen molar-refractivity contribution in [1.29, 1.82) is 0 Å². The molecule has 0 saturated heterocycles. The standard InChI is InChI=1S/C32H26Si.2C4H9.Hf/c1-23-21-25-13-9-11-19-29(25)31(23)33(27-15-5-3-6-16-27,28-17-7-4-8-18-28)32-24(2)22-26-14-10-12-20-30(26)32;2*1-3-4-2;/h3-22H,1-2H3;2*1,3-4H2,2H3;/q-2;2*-1;+4. The van der Waals surface area contributed by atoms with Crippen LogP contribution in [0, 0.1) is 27.7 Å². The molecule has 6 rings (SSSR count). The summed E-state index contributed by atoms with van der Waals surface area (Å²) in [4.78, 5) is 0. The van der Waals surface area contributed by atoms with E-state index in [1.165, 1.54) is 66.3 Å². The zero-order valence-electron chi connectivity index (χ0n) is 25.8. The van der Waals surface area contributed by atoms with Gasteiger partial charge in [0.1, 0.15) is 0 Å². The van der Waals surface area contributed by atoms with Gasteiger partial charge in [-0.25, -0.2) is 0 Å². The van der Waals surface area contributed by atoms with E-state index in [4.69, 9.17) is 0 Å². The second kappa shape index (κ2) is 16.1. The normalized spacial score (nSPS) is 10.8. The number of fused-ring (bicyclic) bond motifs is 2. The molecule has 0 radical (unpaired) electrons. The smallest absolute Gasteiger partial charge is 0.343 e. The summed E-state index contributed by atoms with van der Waals surface area (Å²) in [7, 11) is -2.61. The van der Waals surface area contributed by atoms with Gasteiger partial charge in [0.2, 0.25) is 0 Å². The van der Waals surface area contributed by atoms with Gasteiger partial charge in [0.25, 0.3) is 0 Å². The van der Waals surface area contributed by atoms with Gasteiger partial charge in [-0.15, -0.1) is 91.6 Å². The molecule has 0 atom stereocenters. The summed E-state index contributed by atoms with van der Waals surface area (Å²) >= 11 is 0. The van der Waals surface area contributed by atoms with Crippen molar-refractivity contribution >= 4 is 50.4 Å². The maximum absolute atomic E-state index is 3.60. The fourth-order valence-corrected chi connectivity index (χ4v) is 11.7. The van der Waals surface area contributed by atoms with E-state index in [1.54, 1.807) is 0 Å². The zero-order valence-corrected chi connectivity index (χ0v) is 30.4. The summed E-state index contributed by atoms with van der Waals surface area (Å²) in [5.74, 6) is 0. The average molecular weight is 731 g/mol. The molecule has 0 saturated carbocycles. The number of hydrogen-bond donors (Lipinski definition) is 0. The Morgan fingerprint density at radius 1 is 0.524 bits per heavy atom. The van der Waals surface area contributed by atoms with Crippen LogP contribution in [0.5, 0.6) is 0 Å². The first-order valence-corrected chi connectivity index (χ1v) is 17.0. The van der Waals surface area contributed by atoms with Gasteiger partial charge in [-0.1, -0.05) is 124 Å². The van der Waals surface area contributed by atoms with Crippen LogP contribution in [0.15, 0.2) is 121 Å². The Bertz CT molecular complexity index is 1510. The van der Waals surface area contributed by atoms with Crippen molar-refractivity contribution < 1.29 is 25.8 Å². The first kappa shape index (κ1) is 33.7. The van der Waals surface area contributed by atoms with Crippen molar-refractivity contribution in [1.82, 2.24) is 0 Å². The van der Waals surface area contributed by atoms with Gasteiger partial charge in [0, 0.05) is 0 Å². The topological polar surface area (TPSA) is 0 Å². The number of unbranched alkanes of at least 4 members (excludes halogenated alkanes) is 2. The second-order valence-electron chi connectivity index (χ2n) is 10.8. The third-order valence-corrected chi connectivity index (χ3v) is 13.1. The molecule has 0 heterocycles. The molecular weight excluding hydrogens is 687 g/mol. The van der Waals surface area contributed by atoms with E-state index < -0.39 is 8.07 Å². The average Bonchev–Trinajstić information content (AvgIpc) is 3.55. The fourth-order valence-electron chi connectivity index (χ4n) is 5.98. The van der Waals surface area contributed by atoms with E-state index >= 15 is 0 Å². The molecule has 0 bridgehead atoms. The molecule has 42 heavy (non-hydrogen) atoms. The third-order valence-electron chi connectivity index (χ3n) is 7.86. The summed E-state index contributed by atoms with van der Waals surface area (Å²) in [6.07, 6.45) is 4.56. The van der Waals surface area contributed by atoms with Crippen LogP contribution in [0.3, 0.4) is 0 Å². The van der Waals surface area contributed by atoms with E-state index in [-0.39, 0.29) is 25.8 Å².